The number of ether oxygens (including phenoxy) is 2. The average Bonchev–Trinajstić information content (AvgIpc) is 3.67. The summed E-state index contributed by atoms with van der Waals surface area (Å²) in [6.45, 7) is 9.21. The van der Waals surface area contributed by atoms with Crippen molar-refractivity contribution in [2.24, 2.45) is 5.92 Å². The minimum atomic E-state index is -5.33. The van der Waals surface area contributed by atoms with Crippen molar-refractivity contribution in [2.45, 2.75) is 90.2 Å². The van der Waals surface area contributed by atoms with E-state index in [9.17, 15) is 52.7 Å². The van der Waals surface area contributed by atoms with E-state index in [4.69, 9.17) is 9.47 Å². The van der Waals surface area contributed by atoms with Crippen LogP contribution in [0.4, 0.5) is 52.7 Å². The third-order valence-corrected chi connectivity index (χ3v) is 17.0. The van der Waals surface area contributed by atoms with Gasteiger partial charge in [0, 0.05) is 0 Å². The average molecular weight is 931 g/mol. The molecule has 1 fully saturated rings. The van der Waals surface area contributed by atoms with Gasteiger partial charge in [-0.3, -0.25) is 0 Å². The second-order valence-electron chi connectivity index (χ2n) is 16.0. The Labute approximate surface area is 360 Å². The fraction of sp³-hybridized carbons (Fsp3) is 0.362. The number of hydrogen-bond acceptors (Lipinski definition) is 2. The third-order valence-electron chi connectivity index (χ3n) is 11.7. The lowest BCUT2D eigenvalue weighted by Gasteiger charge is -2.36. The van der Waals surface area contributed by atoms with Gasteiger partial charge in [-0.05, 0) is 189 Å². The van der Waals surface area contributed by atoms with Crippen molar-refractivity contribution in [1.82, 2.24) is 0 Å². The smallest absolute Gasteiger partial charge is 0.416 e. The predicted molar refractivity (Wildman–Crippen MR) is 226 cm³/mol. The molecule has 0 amide bonds. The number of rotatable bonds is 10. The van der Waals surface area contributed by atoms with Crippen LogP contribution in [0.3, 0.4) is 0 Å². The zero-order chi connectivity index (χ0) is 46.6. The summed E-state index contributed by atoms with van der Waals surface area (Å²) < 4.78 is 183. The second-order valence-corrected chi connectivity index (χ2v) is 20.7. The van der Waals surface area contributed by atoms with Gasteiger partial charge in [-0.15, -0.1) is 0 Å². The molecule has 0 aliphatic heterocycles. The monoisotopic (exact) mass is 930 g/mol. The molecule has 1 saturated carbocycles. The zero-order valence-corrected chi connectivity index (χ0v) is 37.0. The molecule has 2 nitrogen and oxygen atoms in total. The SMILES string of the molecule is COc1c(C)cc(P(c2cc(C)c(OC)c(C)c2)c2ccccc2C2CCCC2[C@H](C)P(c2cc(C(F)(F)F)cc(C(F)(F)F)c2)c2cc(C(F)(F)F)cc(C(F)(F)F)c2)cc1C. The van der Waals surface area contributed by atoms with E-state index in [1.807, 2.05) is 76.2 Å². The van der Waals surface area contributed by atoms with Crippen LogP contribution in [-0.4, -0.2) is 19.9 Å². The molecule has 338 valence electrons. The maximum Gasteiger partial charge on any atom is 0.416 e. The Balaban J connectivity index is 1.60. The van der Waals surface area contributed by atoms with E-state index >= 15 is 0 Å². The Kier molecular flexibility index (Phi) is 13.7. The van der Waals surface area contributed by atoms with E-state index in [0.29, 0.717) is 55.0 Å². The normalized spacial score (nSPS) is 16.8. The number of hydrogen-bond donors (Lipinski definition) is 0. The van der Waals surface area contributed by atoms with E-state index < -0.39 is 90.9 Å². The first-order valence-corrected chi connectivity index (χ1v) is 22.6. The first kappa shape index (κ1) is 48.2. The highest BCUT2D eigenvalue weighted by Gasteiger charge is 2.44. The highest BCUT2D eigenvalue weighted by molar-refractivity contribution is 7.80. The minimum Gasteiger partial charge on any atom is -0.496 e. The summed E-state index contributed by atoms with van der Waals surface area (Å²) in [6, 6.07) is 17.2. The number of methoxy groups -OCH3 is 2. The van der Waals surface area contributed by atoms with Crippen LogP contribution in [0.25, 0.3) is 0 Å². The molecule has 2 unspecified atom stereocenters. The summed E-state index contributed by atoms with van der Waals surface area (Å²) in [7, 11) is -1.01. The molecule has 0 radical (unpaired) electrons. The van der Waals surface area contributed by atoms with E-state index in [1.165, 1.54) is 6.92 Å². The lowest BCUT2D eigenvalue weighted by molar-refractivity contribution is -0.144. The van der Waals surface area contributed by atoms with Crippen LogP contribution in [0.2, 0.25) is 0 Å². The quantitative estimate of drug-likeness (QED) is 0.103. The highest BCUT2D eigenvalue weighted by atomic mass is 31.1. The molecule has 16 heteroatoms. The van der Waals surface area contributed by atoms with Crippen LogP contribution in [0.1, 0.15) is 82.2 Å². The van der Waals surface area contributed by atoms with Crippen molar-refractivity contribution in [3.8, 4) is 11.5 Å². The van der Waals surface area contributed by atoms with Gasteiger partial charge in [0.1, 0.15) is 11.5 Å². The van der Waals surface area contributed by atoms with Gasteiger partial charge in [-0.2, -0.15) is 52.7 Å². The molecule has 0 N–H and O–H groups in total. The van der Waals surface area contributed by atoms with Gasteiger partial charge in [0.15, 0.2) is 0 Å². The number of aryl methyl sites for hydroxylation is 4. The van der Waals surface area contributed by atoms with Gasteiger partial charge in [0.25, 0.3) is 0 Å². The first-order valence-electron chi connectivity index (χ1n) is 19.8. The molecular weight excluding hydrogens is 886 g/mol. The third kappa shape index (κ3) is 10.2. The fourth-order valence-electron chi connectivity index (χ4n) is 9.11. The molecule has 1 aliphatic carbocycles. The van der Waals surface area contributed by atoms with Crippen molar-refractivity contribution >= 4 is 42.4 Å². The number of halogens is 12. The Morgan fingerprint density at radius 2 is 0.873 bits per heavy atom. The van der Waals surface area contributed by atoms with Crippen LogP contribution in [0, 0.1) is 33.6 Å². The van der Waals surface area contributed by atoms with Gasteiger partial charge in [-0.1, -0.05) is 37.6 Å². The summed E-state index contributed by atoms with van der Waals surface area (Å²) >= 11 is 0. The minimum absolute atomic E-state index is 0.100. The Morgan fingerprint density at radius 1 is 0.508 bits per heavy atom. The van der Waals surface area contributed by atoms with Crippen LogP contribution in [-0.2, 0) is 24.7 Å². The molecule has 0 heterocycles. The summed E-state index contributed by atoms with van der Waals surface area (Å²) in [4.78, 5) is 0. The number of benzene rings is 5. The summed E-state index contributed by atoms with van der Waals surface area (Å²) in [6.07, 6.45) is -19.9. The first-order chi connectivity index (χ1) is 29.2. The van der Waals surface area contributed by atoms with E-state index in [2.05, 4.69) is 0 Å². The highest BCUT2D eigenvalue weighted by Crippen LogP contribution is 2.55. The van der Waals surface area contributed by atoms with Gasteiger partial charge in [0.05, 0.1) is 36.5 Å². The van der Waals surface area contributed by atoms with Gasteiger partial charge < -0.3 is 9.47 Å². The molecule has 5 aromatic carbocycles. The lowest BCUT2D eigenvalue weighted by atomic mass is 9.87. The number of alkyl halides is 12. The topological polar surface area (TPSA) is 18.5 Å². The molecule has 1 aliphatic rings. The summed E-state index contributed by atoms with van der Waals surface area (Å²) in [5.74, 6) is 0.371. The molecule has 63 heavy (non-hydrogen) atoms. The second kappa shape index (κ2) is 17.9. The van der Waals surface area contributed by atoms with Crippen LogP contribution in [0.15, 0.2) is 84.9 Å². The molecule has 0 bridgehead atoms. The fourth-order valence-corrected chi connectivity index (χ4v) is 15.1. The maximum atomic E-state index is 14.3. The van der Waals surface area contributed by atoms with Crippen molar-refractivity contribution in [2.75, 3.05) is 14.2 Å². The van der Waals surface area contributed by atoms with Crippen molar-refractivity contribution in [3.05, 3.63) is 135 Å². The van der Waals surface area contributed by atoms with Crippen LogP contribution < -0.4 is 36.0 Å². The molecule has 0 saturated heterocycles. The molecule has 0 spiro atoms. The summed E-state index contributed by atoms with van der Waals surface area (Å²) in [5.41, 5.74) is -3.58. The van der Waals surface area contributed by atoms with Crippen molar-refractivity contribution in [3.63, 3.8) is 0 Å². The van der Waals surface area contributed by atoms with Crippen LogP contribution in [0.5, 0.6) is 11.5 Å². The Hall–Kier alpha value is -4.28. The molecule has 3 atom stereocenters. The van der Waals surface area contributed by atoms with E-state index in [0.717, 1.165) is 43.7 Å². The molecule has 5 aromatic rings. The standard InChI is InChI=1S/C47H44F12O2P2/c1-25-15-34(16-26(2)42(25)60-6)63(35-17-27(3)43(61-7)28(4)18-35)41-14-9-8-11-40(41)39-13-10-12-38(39)29(5)62(36-21-30(44(48,49)50)19-31(22-36)45(51,52)53)37-23-32(46(54,55)56)20-33(24-37)47(57,58)59/h8-9,11,14-24,29,38-39H,10,12-13H2,1-7H3/t29-,38?,39?/m0/s1. The maximum absolute atomic E-state index is 14.3. The van der Waals surface area contributed by atoms with Gasteiger partial charge >= 0.3 is 24.7 Å². The van der Waals surface area contributed by atoms with Gasteiger partial charge in [-0.25, -0.2) is 0 Å². The van der Waals surface area contributed by atoms with E-state index in [-0.39, 0.29) is 12.1 Å². The largest absolute Gasteiger partial charge is 0.496 e. The summed E-state index contributed by atoms with van der Waals surface area (Å²) in [5, 5.41) is 1.53. The predicted octanol–water partition coefficient (Wildman–Crippen LogP) is 13.2. The Morgan fingerprint density at radius 3 is 1.22 bits per heavy atom. The van der Waals surface area contributed by atoms with E-state index in [1.54, 1.807) is 14.2 Å². The molecular formula is C47H44F12O2P2. The van der Waals surface area contributed by atoms with Crippen LogP contribution >= 0.6 is 15.8 Å². The molecule has 6 rings (SSSR count). The van der Waals surface area contributed by atoms with Crippen molar-refractivity contribution in [1.29, 1.82) is 0 Å². The lowest BCUT2D eigenvalue weighted by Crippen LogP contribution is -2.32. The zero-order valence-electron chi connectivity index (χ0n) is 35.2. The van der Waals surface area contributed by atoms with Crippen molar-refractivity contribution < 1.29 is 62.2 Å². The molecule has 0 aromatic heterocycles. The Bertz CT molecular complexity index is 2230. The van der Waals surface area contributed by atoms with Gasteiger partial charge in [0.2, 0.25) is 0 Å².